The van der Waals surface area contributed by atoms with E-state index >= 15 is 0 Å². The Bertz CT molecular complexity index is 979. The molecule has 0 aliphatic heterocycles. The van der Waals surface area contributed by atoms with Gasteiger partial charge in [0.15, 0.2) is 6.10 Å². The summed E-state index contributed by atoms with van der Waals surface area (Å²) in [5.41, 5.74) is 5.33. The molecule has 0 aromatic carbocycles. The van der Waals surface area contributed by atoms with E-state index in [9.17, 15) is 23.8 Å². The lowest BCUT2D eigenvalue weighted by Crippen LogP contribution is -2.34. The van der Waals surface area contributed by atoms with E-state index in [1.165, 1.54) is 109 Å². The molecular weight excluding hydrogens is 709 g/mol. The highest BCUT2D eigenvalue weighted by atomic mass is 31.2. The number of allylic oxidation sites excluding steroid dienone is 2. The van der Waals surface area contributed by atoms with Crippen LogP contribution in [0.2, 0.25) is 0 Å². The second-order valence-corrected chi connectivity index (χ2v) is 16.3. The van der Waals surface area contributed by atoms with Crippen molar-refractivity contribution in [2.45, 2.75) is 219 Å². The Labute approximate surface area is 328 Å². The molecule has 0 saturated carbocycles. The van der Waals surface area contributed by atoms with Gasteiger partial charge in [-0.3, -0.25) is 23.4 Å². The highest BCUT2D eigenvalue weighted by Gasteiger charge is 2.28. The van der Waals surface area contributed by atoms with E-state index in [2.05, 4.69) is 30.5 Å². The first-order valence-electron chi connectivity index (χ1n) is 21.7. The quantitative estimate of drug-likeness (QED) is 0.0233. The minimum atomic E-state index is -4.71. The standard InChI is InChI=1S/C42H80NO10P/c1-3-5-7-9-11-13-15-17-18-19-20-21-22-24-26-28-30-32-34-41(45)53-38(36-51-54(48,49)52-37-39(43)42(46)47)35-50-40(44)33-31-29-27-25-23-16-14-12-10-8-6-4-2/h12,14,38-39H,3-11,13,15-37,43H2,1-2H3,(H,46,47)(H,48,49)/b14-12-/t38-,39+/m1/s1. The van der Waals surface area contributed by atoms with Crippen molar-refractivity contribution in [3.63, 3.8) is 0 Å². The molecule has 1 unspecified atom stereocenters. The molecule has 0 aromatic rings. The molecule has 0 aliphatic rings. The van der Waals surface area contributed by atoms with Gasteiger partial charge in [-0.1, -0.05) is 167 Å². The van der Waals surface area contributed by atoms with Crippen molar-refractivity contribution in [2.24, 2.45) is 5.73 Å². The van der Waals surface area contributed by atoms with Crippen molar-refractivity contribution in [1.29, 1.82) is 0 Å². The summed E-state index contributed by atoms with van der Waals surface area (Å²) in [7, 11) is -4.71. The molecule has 54 heavy (non-hydrogen) atoms. The smallest absolute Gasteiger partial charge is 0.472 e. The summed E-state index contributed by atoms with van der Waals surface area (Å²) in [6.07, 6.45) is 37.0. The van der Waals surface area contributed by atoms with Crippen molar-refractivity contribution >= 4 is 25.7 Å². The molecule has 0 bridgehead atoms. The number of ether oxygens (including phenoxy) is 2. The van der Waals surface area contributed by atoms with Crippen LogP contribution in [0.25, 0.3) is 0 Å². The number of nitrogens with two attached hydrogens (primary N) is 1. The van der Waals surface area contributed by atoms with E-state index < -0.39 is 51.1 Å². The van der Waals surface area contributed by atoms with Gasteiger partial charge in [-0.05, 0) is 38.5 Å². The predicted molar refractivity (Wildman–Crippen MR) is 217 cm³/mol. The van der Waals surface area contributed by atoms with Gasteiger partial charge >= 0.3 is 25.7 Å². The zero-order valence-corrected chi connectivity index (χ0v) is 35.2. The van der Waals surface area contributed by atoms with Gasteiger partial charge in [0.2, 0.25) is 0 Å². The van der Waals surface area contributed by atoms with Crippen LogP contribution in [0.1, 0.15) is 206 Å². The Kier molecular flexibility index (Phi) is 36.9. The summed E-state index contributed by atoms with van der Waals surface area (Å²) in [4.78, 5) is 45.9. The summed E-state index contributed by atoms with van der Waals surface area (Å²) < 4.78 is 32.7. The average molecular weight is 790 g/mol. The first-order valence-corrected chi connectivity index (χ1v) is 23.2. The van der Waals surface area contributed by atoms with Crippen LogP contribution in [0.4, 0.5) is 0 Å². The van der Waals surface area contributed by atoms with E-state index in [4.69, 9.17) is 24.8 Å². The number of phosphoric ester groups is 1. The Morgan fingerprint density at radius 2 is 0.926 bits per heavy atom. The molecule has 4 N–H and O–H groups in total. The maximum absolute atomic E-state index is 12.6. The van der Waals surface area contributed by atoms with Gasteiger partial charge in [-0.15, -0.1) is 0 Å². The largest absolute Gasteiger partial charge is 0.480 e. The van der Waals surface area contributed by atoms with E-state index in [0.717, 1.165) is 57.8 Å². The summed E-state index contributed by atoms with van der Waals surface area (Å²) in [5.74, 6) is -2.38. The topological polar surface area (TPSA) is 172 Å². The number of unbranched alkanes of at least 4 members (excludes halogenated alkanes) is 25. The lowest BCUT2D eigenvalue weighted by atomic mass is 10.0. The number of esters is 2. The second kappa shape index (κ2) is 38.1. The van der Waals surface area contributed by atoms with Crippen LogP contribution in [-0.2, 0) is 37.5 Å². The molecule has 0 heterocycles. The molecule has 0 fully saturated rings. The predicted octanol–water partition coefficient (Wildman–Crippen LogP) is 11.3. The van der Waals surface area contributed by atoms with E-state index in [1.54, 1.807) is 0 Å². The number of rotatable bonds is 41. The minimum absolute atomic E-state index is 0.165. The van der Waals surface area contributed by atoms with Gasteiger partial charge in [0.05, 0.1) is 13.2 Å². The summed E-state index contributed by atoms with van der Waals surface area (Å²) in [5, 5.41) is 8.88. The number of hydrogen-bond acceptors (Lipinski definition) is 9. The number of carbonyl (C=O) groups excluding carboxylic acids is 2. The SMILES string of the molecule is CCCCC/C=C\CCCCCCCC(=O)OC[C@H](COP(=O)(O)OC[C@H](N)C(=O)O)OC(=O)CCCCCCCCCCCCCCCCCCCC. The van der Waals surface area contributed by atoms with E-state index in [1.807, 2.05) is 0 Å². The fourth-order valence-corrected chi connectivity index (χ4v) is 6.84. The van der Waals surface area contributed by atoms with E-state index in [-0.39, 0.29) is 19.4 Å². The average Bonchev–Trinajstić information content (AvgIpc) is 3.14. The zero-order valence-electron chi connectivity index (χ0n) is 34.3. The lowest BCUT2D eigenvalue weighted by Gasteiger charge is -2.20. The third-order valence-corrected chi connectivity index (χ3v) is 10.5. The number of carboxylic acid groups (broad SMARTS) is 1. The molecule has 0 amide bonds. The normalized spacial score (nSPS) is 13.9. The highest BCUT2D eigenvalue weighted by Crippen LogP contribution is 2.43. The van der Waals surface area contributed by atoms with Crippen molar-refractivity contribution in [2.75, 3.05) is 19.8 Å². The van der Waals surface area contributed by atoms with Gasteiger partial charge in [-0.25, -0.2) is 4.57 Å². The maximum atomic E-state index is 12.6. The monoisotopic (exact) mass is 790 g/mol. The third kappa shape index (κ3) is 37.2. The Morgan fingerprint density at radius 1 is 0.556 bits per heavy atom. The number of aliphatic carboxylic acids is 1. The van der Waals surface area contributed by atoms with Crippen LogP contribution in [0, 0.1) is 0 Å². The molecule has 3 atom stereocenters. The first-order chi connectivity index (χ1) is 26.1. The van der Waals surface area contributed by atoms with Crippen molar-refractivity contribution in [1.82, 2.24) is 0 Å². The number of hydrogen-bond donors (Lipinski definition) is 3. The van der Waals surface area contributed by atoms with Crippen LogP contribution < -0.4 is 5.73 Å². The molecule has 0 saturated heterocycles. The molecule has 0 aliphatic carbocycles. The molecule has 12 heteroatoms. The minimum Gasteiger partial charge on any atom is -0.480 e. The van der Waals surface area contributed by atoms with Gasteiger partial charge in [-0.2, -0.15) is 0 Å². The van der Waals surface area contributed by atoms with Gasteiger partial charge in [0.25, 0.3) is 0 Å². The van der Waals surface area contributed by atoms with Gasteiger partial charge in [0.1, 0.15) is 12.6 Å². The summed E-state index contributed by atoms with van der Waals surface area (Å²) in [6, 6.07) is -1.52. The fraction of sp³-hybridized carbons (Fsp3) is 0.881. The Hall–Kier alpha value is -1.78. The molecule has 318 valence electrons. The van der Waals surface area contributed by atoms with Crippen molar-refractivity contribution in [3.8, 4) is 0 Å². The number of carbonyl (C=O) groups is 3. The van der Waals surface area contributed by atoms with Crippen LogP contribution in [0.3, 0.4) is 0 Å². The second-order valence-electron chi connectivity index (χ2n) is 14.8. The molecule has 11 nitrogen and oxygen atoms in total. The lowest BCUT2D eigenvalue weighted by molar-refractivity contribution is -0.161. The van der Waals surface area contributed by atoms with Crippen LogP contribution in [0.15, 0.2) is 12.2 Å². The van der Waals surface area contributed by atoms with Crippen molar-refractivity contribution in [3.05, 3.63) is 12.2 Å². The summed E-state index contributed by atoms with van der Waals surface area (Å²) in [6.45, 7) is 2.79. The summed E-state index contributed by atoms with van der Waals surface area (Å²) >= 11 is 0. The molecule has 0 aromatic heterocycles. The Balaban J connectivity index is 4.31. The highest BCUT2D eigenvalue weighted by molar-refractivity contribution is 7.47. The van der Waals surface area contributed by atoms with Crippen LogP contribution in [0.5, 0.6) is 0 Å². The van der Waals surface area contributed by atoms with Crippen molar-refractivity contribution < 1.29 is 47.5 Å². The molecule has 0 rings (SSSR count). The maximum Gasteiger partial charge on any atom is 0.472 e. The Morgan fingerprint density at radius 3 is 1.39 bits per heavy atom. The fourth-order valence-electron chi connectivity index (χ4n) is 6.06. The van der Waals surface area contributed by atoms with E-state index in [0.29, 0.717) is 12.8 Å². The van der Waals surface area contributed by atoms with Crippen LogP contribution >= 0.6 is 7.82 Å². The van der Waals surface area contributed by atoms with Gasteiger partial charge < -0.3 is 25.2 Å². The molecule has 0 radical (unpaired) electrons. The number of phosphoric acid groups is 1. The number of carboxylic acids is 1. The third-order valence-electron chi connectivity index (χ3n) is 9.51. The van der Waals surface area contributed by atoms with Crippen LogP contribution in [-0.4, -0.2) is 59.9 Å². The zero-order chi connectivity index (χ0) is 40.0. The van der Waals surface area contributed by atoms with Gasteiger partial charge in [0, 0.05) is 12.8 Å². The molecule has 0 spiro atoms. The first kappa shape index (κ1) is 52.2. The molecular formula is C42H80NO10P.